The van der Waals surface area contributed by atoms with E-state index in [0.29, 0.717) is 18.0 Å². The van der Waals surface area contributed by atoms with Gasteiger partial charge in [-0.15, -0.1) is 0 Å². The standard InChI is InChI=1S/C23H29ClN2O2/c1-5-20(22(28)25-23(2,3)4)26(16-17-11-7-6-8-12-17)21(27)15-18-13-9-10-14-19(18)24/h6-14,20H,5,15-16H2,1-4H3,(H,25,28). The molecule has 150 valence electrons. The second kappa shape index (κ2) is 9.74. The van der Waals surface area contributed by atoms with Crippen LogP contribution in [0.4, 0.5) is 0 Å². The van der Waals surface area contributed by atoms with Crippen LogP contribution in [-0.2, 0) is 22.6 Å². The van der Waals surface area contributed by atoms with Gasteiger partial charge in [0.1, 0.15) is 6.04 Å². The molecule has 28 heavy (non-hydrogen) atoms. The Bertz CT molecular complexity index is 800. The Kier molecular flexibility index (Phi) is 7.64. The van der Waals surface area contributed by atoms with Crippen LogP contribution in [0.3, 0.4) is 0 Å². The fraction of sp³-hybridized carbons (Fsp3) is 0.391. The van der Waals surface area contributed by atoms with E-state index in [2.05, 4.69) is 5.32 Å². The number of nitrogens with one attached hydrogen (secondary N) is 1. The highest BCUT2D eigenvalue weighted by Crippen LogP contribution is 2.19. The van der Waals surface area contributed by atoms with Gasteiger partial charge in [0.05, 0.1) is 6.42 Å². The van der Waals surface area contributed by atoms with Crippen LogP contribution < -0.4 is 5.32 Å². The molecule has 0 heterocycles. The summed E-state index contributed by atoms with van der Waals surface area (Å²) >= 11 is 6.25. The number of carbonyl (C=O) groups excluding carboxylic acids is 2. The summed E-state index contributed by atoms with van der Waals surface area (Å²) in [6.45, 7) is 8.11. The Hall–Kier alpha value is -2.33. The van der Waals surface area contributed by atoms with Crippen LogP contribution >= 0.6 is 11.6 Å². The summed E-state index contributed by atoms with van der Waals surface area (Å²) in [5.41, 5.74) is 1.38. The smallest absolute Gasteiger partial charge is 0.243 e. The van der Waals surface area contributed by atoms with E-state index >= 15 is 0 Å². The summed E-state index contributed by atoms with van der Waals surface area (Å²) in [6.07, 6.45) is 0.689. The van der Waals surface area contributed by atoms with Crippen LogP contribution in [-0.4, -0.2) is 28.3 Å². The Balaban J connectivity index is 2.30. The molecule has 5 heteroatoms. The first kappa shape index (κ1) is 22.0. The van der Waals surface area contributed by atoms with Crippen LogP contribution in [0, 0.1) is 0 Å². The van der Waals surface area contributed by atoms with Gasteiger partial charge < -0.3 is 10.2 Å². The van der Waals surface area contributed by atoms with E-state index in [9.17, 15) is 9.59 Å². The quantitative estimate of drug-likeness (QED) is 0.738. The van der Waals surface area contributed by atoms with Gasteiger partial charge >= 0.3 is 0 Å². The van der Waals surface area contributed by atoms with Gasteiger partial charge in [-0.1, -0.05) is 67.1 Å². The summed E-state index contributed by atoms with van der Waals surface area (Å²) in [4.78, 5) is 27.8. The van der Waals surface area contributed by atoms with E-state index in [1.807, 2.05) is 76.2 Å². The molecule has 0 radical (unpaired) electrons. The molecule has 0 fully saturated rings. The summed E-state index contributed by atoms with van der Waals surface area (Å²) in [6, 6.07) is 16.5. The predicted molar refractivity (Wildman–Crippen MR) is 114 cm³/mol. The second-order valence-corrected chi connectivity index (χ2v) is 8.35. The van der Waals surface area contributed by atoms with Crippen LogP contribution in [0.25, 0.3) is 0 Å². The van der Waals surface area contributed by atoms with Crippen molar-refractivity contribution in [3.05, 3.63) is 70.7 Å². The van der Waals surface area contributed by atoms with E-state index in [4.69, 9.17) is 11.6 Å². The zero-order valence-corrected chi connectivity index (χ0v) is 17.8. The first-order valence-electron chi connectivity index (χ1n) is 9.60. The molecule has 2 aromatic rings. The Morgan fingerprint density at radius 1 is 1.04 bits per heavy atom. The van der Waals surface area contributed by atoms with Gasteiger partial charge in [0.25, 0.3) is 0 Å². The summed E-state index contributed by atoms with van der Waals surface area (Å²) < 4.78 is 0. The molecular formula is C23H29ClN2O2. The molecule has 1 atom stereocenters. The number of rotatable bonds is 7. The van der Waals surface area contributed by atoms with E-state index in [1.165, 1.54) is 0 Å². The van der Waals surface area contributed by atoms with E-state index in [1.54, 1.807) is 11.0 Å². The molecule has 0 aliphatic carbocycles. The molecular weight excluding hydrogens is 372 g/mol. The third kappa shape index (κ3) is 6.38. The third-order valence-electron chi connectivity index (χ3n) is 4.38. The number of halogens is 1. The molecule has 0 bridgehead atoms. The van der Waals surface area contributed by atoms with Gasteiger partial charge in [0, 0.05) is 17.1 Å². The zero-order chi connectivity index (χ0) is 20.7. The molecule has 0 aliphatic rings. The van der Waals surface area contributed by atoms with Crippen molar-refractivity contribution in [2.75, 3.05) is 0 Å². The van der Waals surface area contributed by atoms with E-state index < -0.39 is 6.04 Å². The highest BCUT2D eigenvalue weighted by atomic mass is 35.5. The molecule has 0 aliphatic heterocycles. The van der Waals surface area contributed by atoms with Crippen molar-refractivity contribution < 1.29 is 9.59 Å². The van der Waals surface area contributed by atoms with Crippen LogP contribution in [0.5, 0.6) is 0 Å². The minimum absolute atomic E-state index is 0.118. The van der Waals surface area contributed by atoms with Crippen molar-refractivity contribution in [3.63, 3.8) is 0 Å². The average Bonchev–Trinajstić information content (AvgIpc) is 2.62. The Labute approximate surface area is 172 Å². The third-order valence-corrected chi connectivity index (χ3v) is 4.75. The first-order chi connectivity index (χ1) is 13.2. The SMILES string of the molecule is CCC(C(=O)NC(C)(C)C)N(Cc1ccccc1)C(=O)Cc1ccccc1Cl. The topological polar surface area (TPSA) is 49.4 Å². The van der Waals surface area contributed by atoms with Crippen LogP contribution in [0.15, 0.2) is 54.6 Å². The van der Waals surface area contributed by atoms with Gasteiger partial charge in [-0.3, -0.25) is 9.59 Å². The van der Waals surface area contributed by atoms with Gasteiger partial charge in [-0.2, -0.15) is 0 Å². The first-order valence-corrected chi connectivity index (χ1v) is 9.98. The highest BCUT2D eigenvalue weighted by molar-refractivity contribution is 6.31. The zero-order valence-electron chi connectivity index (χ0n) is 17.0. The van der Waals surface area contributed by atoms with Crippen LogP contribution in [0.1, 0.15) is 45.2 Å². The molecule has 0 saturated heterocycles. The van der Waals surface area contributed by atoms with Gasteiger partial charge in [-0.05, 0) is 44.4 Å². The summed E-state index contributed by atoms with van der Waals surface area (Å²) in [7, 11) is 0. The Morgan fingerprint density at radius 3 is 2.21 bits per heavy atom. The maximum absolute atomic E-state index is 13.2. The lowest BCUT2D eigenvalue weighted by Crippen LogP contribution is -2.53. The van der Waals surface area contributed by atoms with Crippen molar-refractivity contribution in [1.82, 2.24) is 10.2 Å². The average molecular weight is 401 g/mol. The van der Waals surface area contributed by atoms with E-state index in [-0.39, 0.29) is 23.8 Å². The summed E-state index contributed by atoms with van der Waals surface area (Å²) in [5.74, 6) is -0.258. The van der Waals surface area contributed by atoms with Crippen molar-refractivity contribution in [1.29, 1.82) is 0 Å². The molecule has 4 nitrogen and oxygen atoms in total. The van der Waals surface area contributed by atoms with E-state index in [0.717, 1.165) is 11.1 Å². The fourth-order valence-corrected chi connectivity index (χ4v) is 3.26. The minimum atomic E-state index is -0.547. The Morgan fingerprint density at radius 2 is 1.64 bits per heavy atom. The van der Waals surface area contributed by atoms with Crippen LogP contribution in [0.2, 0.25) is 5.02 Å². The maximum Gasteiger partial charge on any atom is 0.243 e. The lowest BCUT2D eigenvalue weighted by atomic mass is 10.0. The molecule has 1 unspecified atom stereocenters. The van der Waals surface area contributed by atoms with Crippen molar-refractivity contribution >= 4 is 23.4 Å². The predicted octanol–water partition coefficient (Wildman–Crippen LogP) is 4.60. The maximum atomic E-state index is 13.2. The molecule has 2 rings (SSSR count). The highest BCUT2D eigenvalue weighted by Gasteiger charge is 2.30. The molecule has 0 spiro atoms. The van der Waals surface area contributed by atoms with Gasteiger partial charge in [0.2, 0.25) is 11.8 Å². The lowest BCUT2D eigenvalue weighted by molar-refractivity contribution is -0.141. The monoisotopic (exact) mass is 400 g/mol. The second-order valence-electron chi connectivity index (χ2n) is 7.94. The summed E-state index contributed by atoms with van der Waals surface area (Å²) in [5, 5.41) is 3.57. The normalized spacial score (nSPS) is 12.3. The number of benzene rings is 2. The van der Waals surface area contributed by atoms with Gasteiger partial charge in [0.15, 0.2) is 0 Å². The molecule has 0 aromatic heterocycles. The minimum Gasteiger partial charge on any atom is -0.350 e. The van der Waals surface area contributed by atoms with Crippen molar-refractivity contribution in [2.45, 2.75) is 58.7 Å². The molecule has 1 N–H and O–H groups in total. The molecule has 0 saturated carbocycles. The van der Waals surface area contributed by atoms with Crippen molar-refractivity contribution in [3.8, 4) is 0 Å². The number of amides is 2. The lowest BCUT2D eigenvalue weighted by Gasteiger charge is -2.33. The molecule has 2 aromatic carbocycles. The number of carbonyl (C=O) groups is 2. The fourth-order valence-electron chi connectivity index (χ4n) is 3.06. The molecule has 2 amide bonds. The number of nitrogens with zero attached hydrogens (tertiary/aromatic N) is 1. The number of hydrogen-bond donors (Lipinski definition) is 1. The van der Waals surface area contributed by atoms with Crippen molar-refractivity contribution in [2.24, 2.45) is 0 Å². The number of hydrogen-bond acceptors (Lipinski definition) is 2. The largest absolute Gasteiger partial charge is 0.350 e. The van der Waals surface area contributed by atoms with Gasteiger partial charge in [-0.25, -0.2) is 0 Å².